The number of carbonyl (C=O) groups is 2. The summed E-state index contributed by atoms with van der Waals surface area (Å²) in [6.45, 7) is 3.29. The lowest BCUT2D eigenvalue weighted by molar-refractivity contribution is -0.122. The van der Waals surface area contributed by atoms with Crippen LogP contribution in [0.25, 0.3) is 0 Å². The van der Waals surface area contributed by atoms with E-state index in [1.807, 2.05) is 0 Å². The van der Waals surface area contributed by atoms with Gasteiger partial charge in [-0.2, -0.15) is 4.31 Å². The Kier molecular flexibility index (Phi) is 6.30. The Balaban J connectivity index is 1.43. The number of hydrogen-bond donors (Lipinski definition) is 1. The molecule has 2 saturated heterocycles. The summed E-state index contributed by atoms with van der Waals surface area (Å²) in [5, 5.41) is 2.54. The first-order chi connectivity index (χ1) is 15.3. The average molecular weight is 460 g/mol. The van der Waals surface area contributed by atoms with Crippen LogP contribution in [0.1, 0.15) is 26.2 Å². The molecule has 2 amide bonds. The highest BCUT2D eigenvalue weighted by Crippen LogP contribution is 2.29. The lowest BCUT2D eigenvalue weighted by atomic mass is 10.0. The van der Waals surface area contributed by atoms with Crippen molar-refractivity contribution in [3.8, 4) is 0 Å². The molecule has 2 aromatic carbocycles. The number of nitrogens with one attached hydrogen (secondary N) is 1. The molecule has 2 aliphatic rings. The average Bonchev–Trinajstić information content (AvgIpc) is 3.17. The molecule has 0 bridgehead atoms. The highest BCUT2D eigenvalue weighted by atomic mass is 32.2. The number of rotatable bonds is 5. The summed E-state index contributed by atoms with van der Waals surface area (Å²) in [5.74, 6) is -1.31. The molecular weight excluding hydrogens is 433 g/mol. The molecule has 0 saturated carbocycles. The first-order valence-electron chi connectivity index (χ1n) is 10.7. The van der Waals surface area contributed by atoms with Crippen molar-refractivity contribution in [1.82, 2.24) is 4.31 Å². The zero-order chi connectivity index (χ0) is 22.9. The normalized spacial score (nSPS) is 20.5. The highest BCUT2D eigenvalue weighted by molar-refractivity contribution is 7.89. The lowest BCUT2D eigenvalue weighted by Gasteiger charge is -2.29. The zero-order valence-corrected chi connectivity index (χ0v) is 18.6. The van der Waals surface area contributed by atoms with E-state index in [1.165, 1.54) is 39.5 Å². The van der Waals surface area contributed by atoms with Gasteiger partial charge in [-0.15, -0.1) is 0 Å². The summed E-state index contributed by atoms with van der Waals surface area (Å²) in [6.07, 6.45) is 1.69. The van der Waals surface area contributed by atoms with Gasteiger partial charge in [-0.05, 0) is 55.2 Å². The Labute approximate surface area is 187 Å². The van der Waals surface area contributed by atoms with Crippen LogP contribution in [-0.4, -0.2) is 44.2 Å². The van der Waals surface area contributed by atoms with Gasteiger partial charge < -0.3 is 10.2 Å². The van der Waals surface area contributed by atoms with Gasteiger partial charge in [0, 0.05) is 31.7 Å². The number of nitrogens with zero attached hydrogens (tertiary/aromatic N) is 2. The van der Waals surface area contributed by atoms with Crippen molar-refractivity contribution < 1.29 is 22.4 Å². The van der Waals surface area contributed by atoms with Gasteiger partial charge in [-0.1, -0.05) is 19.1 Å². The number of benzene rings is 2. The minimum atomic E-state index is -3.57. The van der Waals surface area contributed by atoms with Crippen molar-refractivity contribution >= 4 is 33.2 Å². The van der Waals surface area contributed by atoms with Gasteiger partial charge in [-0.3, -0.25) is 9.59 Å². The Morgan fingerprint density at radius 3 is 2.38 bits per heavy atom. The number of sulfonamides is 1. The second kappa shape index (κ2) is 8.99. The van der Waals surface area contributed by atoms with Crippen molar-refractivity contribution in [2.24, 2.45) is 11.8 Å². The Morgan fingerprint density at radius 1 is 1.06 bits per heavy atom. The van der Waals surface area contributed by atoms with Crippen molar-refractivity contribution in [2.45, 2.75) is 31.1 Å². The zero-order valence-electron chi connectivity index (χ0n) is 17.8. The molecule has 1 N–H and O–H groups in total. The fourth-order valence-electron chi connectivity index (χ4n) is 4.10. The molecule has 4 rings (SSSR count). The van der Waals surface area contributed by atoms with E-state index < -0.39 is 27.7 Å². The van der Waals surface area contributed by atoms with Crippen molar-refractivity contribution in [1.29, 1.82) is 0 Å². The number of carbonyl (C=O) groups excluding carboxylic acids is 2. The summed E-state index contributed by atoms with van der Waals surface area (Å²) in [7, 11) is -3.57. The maximum absolute atomic E-state index is 13.8. The molecule has 2 aromatic rings. The van der Waals surface area contributed by atoms with Crippen molar-refractivity contribution in [3.05, 3.63) is 54.3 Å². The van der Waals surface area contributed by atoms with Crippen LogP contribution in [0.3, 0.4) is 0 Å². The molecular formula is C23H26FN3O4S. The van der Waals surface area contributed by atoms with E-state index in [2.05, 4.69) is 12.2 Å². The summed E-state index contributed by atoms with van der Waals surface area (Å²) in [5.41, 5.74) is 0.604. The molecule has 2 heterocycles. The Bertz CT molecular complexity index is 1110. The summed E-state index contributed by atoms with van der Waals surface area (Å²) in [4.78, 5) is 26.7. The van der Waals surface area contributed by atoms with E-state index in [-0.39, 0.29) is 29.5 Å². The second-order valence-corrected chi connectivity index (χ2v) is 10.4. The predicted molar refractivity (Wildman–Crippen MR) is 119 cm³/mol. The van der Waals surface area contributed by atoms with E-state index in [0.29, 0.717) is 24.7 Å². The SMILES string of the molecule is CC1CCN(S(=O)(=O)c2ccc(N3C[C@@H](C(=O)Nc4ccccc4F)CC3=O)cc2)CC1. The summed E-state index contributed by atoms with van der Waals surface area (Å²) < 4.78 is 41.1. The molecule has 0 spiro atoms. The van der Waals surface area contributed by atoms with E-state index in [9.17, 15) is 22.4 Å². The third kappa shape index (κ3) is 4.54. The molecule has 0 aromatic heterocycles. The van der Waals surface area contributed by atoms with Crippen molar-refractivity contribution in [2.75, 3.05) is 29.9 Å². The topological polar surface area (TPSA) is 86.8 Å². The third-order valence-corrected chi connectivity index (χ3v) is 8.07. The Hall–Kier alpha value is -2.78. The van der Waals surface area contributed by atoms with Crippen LogP contribution in [0.4, 0.5) is 15.8 Å². The lowest BCUT2D eigenvalue weighted by Crippen LogP contribution is -2.37. The summed E-state index contributed by atoms with van der Waals surface area (Å²) >= 11 is 0. The minimum Gasteiger partial charge on any atom is -0.323 e. The van der Waals surface area contributed by atoms with Crippen LogP contribution in [0, 0.1) is 17.7 Å². The van der Waals surface area contributed by atoms with Crippen LogP contribution < -0.4 is 10.2 Å². The molecule has 0 radical (unpaired) electrons. The number of halogens is 1. The van der Waals surface area contributed by atoms with Gasteiger partial charge in [-0.25, -0.2) is 12.8 Å². The highest BCUT2D eigenvalue weighted by Gasteiger charge is 2.36. The number of para-hydroxylation sites is 1. The first kappa shape index (κ1) is 22.4. The molecule has 170 valence electrons. The molecule has 9 heteroatoms. The van der Waals surface area contributed by atoms with Crippen LogP contribution in [0.2, 0.25) is 0 Å². The van der Waals surface area contributed by atoms with E-state index in [1.54, 1.807) is 18.2 Å². The van der Waals surface area contributed by atoms with Gasteiger partial charge in [0.15, 0.2) is 0 Å². The van der Waals surface area contributed by atoms with Crippen LogP contribution in [0.15, 0.2) is 53.4 Å². The monoisotopic (exact) mass is 459 g/mol. The fraction of sp³-hybridized carbons (Fsp3) is 0.391. The summed E-state index contributed by atoms with van der Waals surface area (Å²) in [6, 6.07) is 12.0. The van der Waals surface area contributed by atoms with Gasteiger partial charge >= 0.3 is 0 Å². The molecule has 32 heavy (non-hydrogen) atoms. The maximum atomic E-state index is 13.8. The minimum absolute atomic E-state index is 0.00625. The number of piperidine rings is 1. The van der Waals surface area contributed by atoms with Gasteiger partial charge in [0.25, 0.3) is 0 Å². The van der Waals surface area contributed by atoms with Gasteiger partial charge in [0.1, 0.15) is 5.82 Å². The van der Waals surface area contributed by atoms with Crippen LogP contribution >= 0.6 is 0 Å². The largest absolute Gasteiger partial charge is 0.323 e. The Morgan fingerprint density at radius 2 is 1.72 bits per heavy atom. The molecule has 2 aliphatic heterocycles. The standard InChI is InChI=1S/C23H26FN3O4S/c1-16-10-12-26(13-11-16)32(30,31)19-8-6-18(7-9-19)27-15-17(14-22(27)28)23(29)25-21-5-3-2-4-20(21)24/h2-9,16-17H,10-15H2,1H3,(H,25,29)/t17-/m0/s1. The molecule has 0 aliphatic carbocycles. The fourth-order valence-corrected chi connectivity index (χ4v) is 5.57. The smallest absolute Gasteiger partial charge is 0.243 e. The predicted octanol–water partition coefficient (Wildman–Crippen LogP) is 3.24. The molecule has 7 nitrogen and oxygen atoms in total. The van der Waals surface area contributed by atoms with Gasteiger partial charge in [0.2, 0.25) is 21.8 Å². The van der Waals surface area contributed by atoms with E-state index in [4.69, 9.17) is 0 Å². The third-order valence-electron chi connectivity index (χ3n) is 6.16. The molecule has 1 atom stereocenters. The first-order valence-corrected chi connectivity index (χ1v) is 12.2. The van der Waals surface area contributed by atoms with Gasteiger partial charge in [0.05, 0.1) is 16.5 Å². The van der Waals surface area contributed by atoms with E-state index in [0.717, 1.165) is 12.8 Å². The van der Waals surface area contributed by atoms with Crippen molar-refractivity contribution in [3.63, 3.8) is 0 Å². The molecule has 2 fully saturated rings. The number of amides is 2. The second-order valence-electron chi connectivity index (χ2n) is 8.45. The van der Waals surface area contributed by atoms with Crippen LogP contribution in [-0.2, 0) is 19.6 Å². The quantitative estimate of drug-likeness (QED) is 0.744. The molecule has 0 unspecified atom stereocenters. The van der Waals surface area contributed by atoms with E-state index >= 15 is 0 Å². The maximum Gasteiger partial charge on any atom is 0.243 e. The van der Waals surface area contributed by atoms with Crippen LogP contribution in [0.5, 0.6) is 0 Å². The number of anilines is 2. The number of hydrogen-bond acceptors (Lipinski definition) is 4.